The van der Waals surface area contributed by atoms with Gasteiger partial charge in [-0.15, -0.1) is 24.8 Å². The van der Waals surface area contributed by atoms with Crippen molar-refractivity contribution in [2.24, 2.45) is 11.1 Å². The fourth-order valence-electron chi connectivity index (χ4n) is 2.91. The van der Waals surface area contributed by atoms with Crippen molar-refractivity contribution in [3.05, 3.63) is 18.5 Å². The minimum Gasteiger partial charge on any atom is -0.341 e. The zero-order chi connectivity index (χ0) is 17.2. The van der Waals surface area contributed by atoms with Crippen molar-refractivity contribution < 1.29 is 9.59 Å². The predicted molar refractivity (Wildman–Crippen MR) is 102 cm³/mol. The lowest BCUT2D eigenvalue weighted by Crippen LogP contribution is -2.55. The number of aromatic nitrogens is 2. The van der Waals surface area contributed by atoms with Crippen LogP contribution in [0, 0.1) is 5.41 Å². The third-order valence-corrected chi connectivity index (χ3v) is 4.69. The highest BCUT2D eigenvalue weighted by Crippen LogP contribution is 2.27. The van der Waals surface area contributed by atoms with Gasteiger partial charge in [0, 0.05) is 38.6 Å². The van der Waals surface area contributed by atoms with Crippen LogP contribution in [0.4, 0.5) is 0 Å². The maximum absolute atomic E-state index is 12.5. The molecule has 0 spiro atoms. The maximum Gasteiger partial charge on any atom is 0.247 e. The van der Waals surface area contributed by atoms with Gasteiger partial charge in [0.1, 0.15) is 6.04 Å². The lowest BCUT2D eigenvalue weighted by Gasteiger charge is -2.43. The van der Waals surface area contributed by atoms with Gasteiger partial charge in [-0.05, 0) is 24.8 Å². The van der Waals surface area contributed by atoms with Crippen molar-refractivity contribution >= 4 is 36.6 Å². The maximum atomic E-state index is 12.5. The molecule has 0 aromatic carbocycles. The van der Waals surface area contributed by atoms with Gasteiger partial charge in [-0.1, -0.05) is 13.8 Å². The van der Waals surface area contributed by atoms with Crippen LogP contribution in [-0.2, 0) is 9.59 Å². The van der Waals surface area contributed by atoms with Crippen LogP contribution in [0.1, 0.15) is 33.2 Å². The van der Waals surface area contributed by atoms with Crippen LogP contribution in [0.15, 0.2) is 18.5 Å². The number of rotatable bonds is 4. The minimum absolute atomic E-state index is 0. The number of carbonyl (C=O) groups excluding carboxylic acids is 2. The van der Waals surface area contributed by atoms with Crippen molar-refractivity contribution in [3.63, 3.8) is 0 Å². The molecule has 7 nitrogen and oxygen atoms in total. The number of piperidine rings is 1. The number of halogens is 2. The van der Waals surface area contributed by atoms with Gasteiger partial charge in [0.2, 0.25) is 11.8 Å². The highest BCUT2D eigenvalue weighted by Gasteiger charge is 2.35. The summed E-state index contributed by atoms with van der Waals surface area (Å²) in [4.78, 5) is 28.2. The van der Waals surface area contributed by atoms with E-state index in [2.05, 4.69) is 18.9 Å². The van der Waals surface area contributed by atoms with Gasteiger partial charge in [0.25, 0.3) is 0 Å². The van der Waals surface area contributed by atoms with E-state index >= 15 is 0 Å². The van der Waals surface area contributed by atoms with E-state index in [0.717, 1.165) is 6.42 Å². The molecule has 25 heavy (non-hydrogen) atoms. The average molecular weight is 394 g/mol. The van der Waals surface area contributed by atoms with Crippen LogP contribution in [0.5, 0.6) is 0 Å². The largest absolute Gasteiger partial charge is 0.341 e. The number of hydrogen-bond donors (Lipinski definition) is 1. The zero-order valence-electron chi connectivity index (χ0n) is 15.2. The van der Waals surface area contributed by atoms with Crippen LogP contribution in [0.2, 0.25) is 0 Å². The summed E-state index contributed by atoms with van der Waals surface area (Å²) in [5.74, 6) is -0.163. The molecule has 2 N–H and O–H groups in total. The first kappa shape index (κ1) is 23.7. The lowest BCUT2D eigenvalue weighted by molar-refractivity contribution is -0.143. The second-order valence-corrected chi connectivity index (χ2v) is 7.06. The van der Waals surface area contributed by atoms with Gasteiger partial charge in [-0.2, -0.15) is 5.10 Å². The quantitative estimate of drug-likeness (QED) is 0.835. The summed E-state index contributed by atoms with van der Waals surface area (Å²) in [6.45, 7) is 7.29. The molecule has 9 heteroatoms. The summed E-state index contributed by atoms with van der Waals surface area (Å²) in [7, 11) is 1.65. The average Bonchev–Trinajstić information content (AvgIpc) is 3.02. The first-order chi connectivity index (χ1) is 10.7. The predicted octanol–water partition coefficient (Wildman–Crippen LogP) is 1.33. The smallest absolute Gasteiger partial charge is 0.247 e. The SMILES string of the molecule is CC(C(=O)N(C)CC(=O)N1CCC(N)C(C)(C)C1)n1cccn1.Cl.Cl. The van der Waals surface area contributed by atoms with Gasteiger partial charge in [0.05, 0.1) is 6.54 Å². The number of likely N-dealkylation sites (tertiary alicyclic amines) is 1. The number of nitrogens with zero attached hydrogens (tertiary/aromatic N) is 4. The van der Waals surface area contributed by atoms with Crippen LogP contribution in [0.3, 0.4) is 0 Å². The van der Waals surface area contributed by atoms with E-state index < -0.39 is 6.04 Å². The first-order valence-corrected chi connectivity index (χ1v) is 8.00. The highest BCUT2D eigenvalue weighted by atomic mass is 35.5. The molecule has 0 radical (unpaired) electrons. The molecule has 1 saturated heterocycles. The molecule has 0 saturated carbocycles. The second-order valence-electron chi connectivity index (χ2n) is 7.06. The molecule has 1 aromatic heterocycles. The molecule has 1 fully saturated rings. The summed E-state index contributed by atoms with van der Waals surface area (Å²) in [6.07, 6.45) is 4.17. The van der Waals surface area contributed by atoms with Gasteiger partial charge < -0.3 is 15.5 Å². The fourth-order valence-corrected chi connectivity index (χ4v) is 2.91. The third kappa shape index (κ3) is 5.59. The van der Waals surface area contributed by atoms with E-state index in [9.17, 15) is 9.59 Å². The fraction of sp³-hybridized carbons (Fsp3) is 0.688. The summed E-state index contributed by atoms with van der Waals surface area (Å²) in [5, 5.41) is 4.08. The molecular weight excluding hydrogens is 365 g/mol. The molecule has 2 atom stereocenters. The Morgan fingerprint density at radius 3 is 2.56 bits per heavy atom. The topological polar surface area (TPSA) is 84.5 Å². The molecule has 0 bridgehead atoms. The molecule has 2 heterocycles. The Hall–Kier alpha value is -1.31. The lowest BCUT2D eigenvalue weighted by atomic mass is 9.79. The number of nitrogens with two attached hydrogens (primary N) is 1. The van der Waals surface area contributed by atoms with Gasteiger partial charge in [-0.25, -0.2) is 0 Å². The number of amides is 2. The Morgan fingerprint density at radius 2 is 2.04 bits per heavy atom. The summed E-state index contributed by atoms with van der Waals surface area (Å²) < 4.78 is 1.59. The van der Waals surface area contributed by atoms with Crippen LogP contribution < -0.4 is 5.73 Å². The van der Waals surface area contributed by atoms with Crippen molar-refractivity contribution in [3.8, 4) is 0 Å². The number of likely N-dealkylation sites (N-methyl/N-ethyl adjacent to an activating group) is 1. The van der Waals surface area contributed by atoms with Gasteiger partial charge in [-0.3, -0.25) is 14.3 Å². The van der Waals surface area contributed by atoms with E-state index in [1.165, 1.54) is 4.90 Å². The molecular formula is C16H29Cl2N5O2. The molecule has 2 rings (SSSR count). The third-order valence-electron chi connectivity index (χ3n) is 4.69. The van der Waals surface area contributed by atoms with E-state index in [1.807, 2.05) is 4.90 Å². The molecule has 144 valence electrons. The Labute approximate surface area is 161 Å². The Balaban J connectivity index is 0.00000288. The molecule has 2 amide bonds. The van der Waals surface area contributed by atoms with Gasteiger partial charge >= 0.3 is 0 Å². The van der Waals surface area contributed by atoms with Crippen molar-refractivity contribution in [2.45, 2.75) is 39.3 Å². The monoisotopic (exact) mass is 393 g/mol. The van der Waals surface area contributed by atoms with E-state index in [4.69, 9.17) is 5.73 Å². The molecule has 2 unspecified atom stereocenters. The standard InChI is InChI=1S/C16H27N5O2.2ClH/c1-12(21-8-5-7-18-21)15(23)19(4)10-14(22)20-9-6-13(17)16(2,3)11-20;;/h5,7-8,12-13H,6,9-11,17H2,1-4H3;2*1H. The highest BCUT2D eigenvalue weighted by molar-refractivity contribution is 5.86. The normalized spacial score (nSPS) is 20.0. The molecule has 1 aliphatic heterocycles. The van der Waals surface area contributed by atoms with Crippen LogP contribution >= 0.6 is 24.8 Å². The Kier molecular flexibility index (Phi) is 8.91. The second kappa shape index (κ2) is 9.40. The first-order valence-electron chi connectivity index (χ1n) is 8.00. The van der Waals surface area contributed by atoms with Crippen molar-refractivity contribution in [1.29, 1.82) is 0 Å². The zero-order valence-corrected chi connectivity index (χ0v) is 16.8. The number of hydrogen-bond acceptors (Lipinski definition) is 4. The Bertz CT molecular complexity index is 565. The van der Waals surface area contributed by atoms with Gasteiger partial charge in [0.15, 0.2) is 0 Å². The molecule has 0 aliphatic carbocycles. The molecule has 1 aromatic rings. The van der Waals surface area contributed by atoms with E-state index in [0.29, 0.717) is 13.1 Å². The Morgan fingerprint density at radius 1 is 1.40 bits per heavy atom. The summed E-state index contributed by atoms with van der Waals surface area (Å²) >= 11 is 0. The van der Waals surface area contributed by atoms with Crippen molar-refractivity contribution in [1.82, 2.24) is 19.6 Å². The van der Waals surface area contributed by atoms with Crippen molar-refractivity contribution in [2.75, 3.05) is 26.7 Å². The summed E-state index contributed by atoms with van der Waals surface area (Å²) in [6, 6.07) is 1.45. The van der Waals surface area contributed by atoms with E-state index in [-0.39, 0.29) is 54.6 Å². The molecule has 1 aliphatic rings. The number of carbonyl (C=O) groups is 2. The van der Waals surface area contributed by atoms with Crippen LogP contribution in [-0.4, -0.2) is 64.1 Å². The van der Waals surface area contributed by atoms with Crippen LogP contribution in [0.25, 0.3) is 0 Å². The minimum atomic E-state index is -0.422. The van der Waals surface area contributed by atoms with E-state index in [1.54, 1.807) is 37.1 Å². The summed E-state index contributed by atoms with van der Waals surface area (Å²) in [5.41, 5.74) is 6.01.